The molecule has 2 rings (SSSR count). The first-order chi connectivity index (χ1) is 10.9. The number of amides is 2. The van der Waals surface area contributed by atoms with Crippen LogP contribution in [0.2, 0.25) is 0 Å². The third-order valence-electron chi connectivity index (χ3n) is 4.30. The van der Waals surface area contributed by atoms with Crippen LogP contribution in [0.3, 0.4) is 0 Å². The zero-order valence-electron chi connectivity index (χ0n) is 14.0. The van der Waals surface area contributed by atoms with Gasteiger partial charge >= 0.3 is 6.03 Å². The van der Waals surface area contributed by atoms with Crippen LogP contribution in [0.5, 0.6) is 0 Å². The number of aliphatic hydroxyl groups excluding tert-OH is 1. The van der Waals surface area contributed by atoms with Crippen molar-refractivity contribution in [1.82, 2.24) is 15.1 Å². The van der Waals surface area contributed by atoms with Crippen LogP contribution in [0.15, 0.2) is 24.3 Å². The highest BCUT2D eigenvalue weighted by Crippen LogP contribution is 2.32. The quantitative estimate of drug-likeness (QED) is 0.805. The molecule has 1 fully saturated rings. The van der Waals surface area contributed by atoms with Crippen LogP contribution in [-0.4, -0.2) is 61.3 Å². The van der Waals surface area contributed by atoms with Crippen molar-refractivity contribution >= 4 is 6.03 Å². The molecule has 1 saturated carbocycles. The molecule has 5 nitrogen and oxygen atoms in total. The fourth-order valence-corrected chi connectivity index (χ4v) is 2.60. The number of halogens is 1. The lowest BCUT2D eigenvalue weighted by molar-refractivity contribution is 0.113. The number of rotatable bonds is 7. The molecule has 1 aromatic carbocycles. The molecule has 0 aromatic heterocycles. The maximum Gasteiger partial charge on any atom is 0.317 e. The summed E-state index contributed by atoms with van der Waals surface area (Å²) in [5.74, 6) is 0.0723. The van der Waals surface area contributed by atoms with E-state index in [0.29, 0.717) is 19.0 Å². The Kier molecular flexibility index (Phi) is 5.96. The molecule has 2 unspecified atom stereocenters. The second-order valence-corrected chi connectivity index (χ2v) is 6.50. The van der Waals surface area contributed by atoms with Gasteiger partial charge in [-0.1, -0.05) is 12.1 Å². The first kappa shape index (κ1) is 17.7. The van der Waals surface area contributed by atoms with Gasteiger partial charge in [-0.05, 0) is 50.6 Å². The van der Waals surface area contributed by atoms with E-state index in [1.165, 1.54) is 17.0 Å². The molecule has 0 spiro atoms. The Morgan fingerprint density at radius 2 is 1.91 bits per heavy atom. The average molecular weight is 323 g/mol. The molecule has 1 aromatic rings. The van der Waals surface area contributed by atoms with E-state index in [4.69, 9.17) is 0 Å². The monoisotopic (exact) mass is 323 g/mol. The van der Waals surface area contributed by atoms with Crippen molar-refractivity contribution < 1.29 is 14.3 Å². The van der Waals surface area contributed by atoms with Gasteiger partial charge in [0.05, 0.1) is 12.1 Å². The SMILES string of the molecule is CN(CC(O)C1CC1)C(=O)NCC(c1ccc(F)cc1)N(C)C. The highest BCUT2D eigenvalue weighted by Gasteiger charge is 2.31. The summed E-state index contributed by atoms with van der Waals surface area (Å²) in [5.41, 5.74) is 0.942. The number of benzene rings is 1. The second kappa shape index (κ2) is 7.75. The Morgan fingerprint density at radius 3 is 2.43 bits per heavy atom. The zero-order chi connectivity index (χ0) is 17.0. The Labute approximate surface area is 137 Å². The van der Waals surface area contributed by atoms with E-state index in [1.807, 2.05) is 19.0 Å². The third kappa shape index (κ3) is 5.18. The van der Waals surface area contributed by atoms with Crippen LogP contribution in [0, 0.1) is 11.7 Å². The number of hydrogen-bond donors (Lipinski definition) is 2. The van der Waals surface area contributed by atoms with Gasteiger partial charge in [0.2, 0.25) is 0 Å². The first-order valence-corrected chi connectivity index (χ1v) is 7.97. The fourth-order valence-electron chi connectivity index (χ4n) is 2.60. The first-order valence-electron chi connectivity index (χ1n) is 7.97. The van der Waals surface area contributed by atoms with E-state index in [9.17, 15) is 14.3 Å². The molecule has 23 heavy (non-hydrogen) atoms. The average Bonchev–Trinajstić information content (AvgIpc) is 3.33. The van der Waals surface area contributed by atoms with Gasteiger partial charge in [-0.3, -0.25) is 0 Å². The normalized spacial score (nSPS) is 17.0. The molecule has 128 valence electrons. The number of nitrogens with one attached hydrogen (secondary N) is 1. The van der Waals surface area contributed by atoms with Gasteiger partial charge in [-0.2, -0.15) is 0 Å². The van der Waals surface area contributed by atoms with E-state index < -0.39 is 6.10 Å². The van der Waals surface area contributed by atoms with Crippen molar-refractivity contribution in [2.45, 2.75) is 25.0 Å². The Morgan fingerprint density at radius 1 is 1.30 bits per heavy atom. The minimum atomic E-state index is -0.438. The number of carbonyl (C=O) groups is 1. The van der Waals surface area contributed by atoms with E-state index in [-0.39, 0.29) is 17.9 Å². The van der Waals surface area contributed by atoms with E-state index in [0.717, 1.165) is 18.4 Å². The lowest BCUT2D eigenvalue weighted by Crippen LogP contribution is -2.44. The highest BCUT2D eigenvalue weighted by molar-refractivity contribution is 5.73. The molecule has 2 amide bonds. The Hall–Kier alpha value is -1.66. The van der Waals surface area contributed by atoms with Crippen LogP contribution >= 0.6 is 0 Å². The van der Waals surface area contributed by atoms with E-state index >= 15 is 0 Å². The summed E-state index contributed by atoms with van der Waals surface area (Å²) in [6.07, 6.45) is 1.65. The Bertz CT molecular complexity index is 517. The summed E-state index contributed by atoms with van der Waals surface area (Å²) in [4.78, 5) is 15.7. The van der Waals surface area contributed by atoms with Gasteiger partial charge in [0, 0.05) is 20.1 Å². The minimum absolute atomic E-state index is 0.0405. The minimum Gasteiger partial charge on any atom is -0.391 e. The molecule has 0 heterocycles. The number of nitrogens with zero attached hydrogens (tertiary/aromatic N) is 2. The molecular formula is C17H26FN3O2. The number of carbonyl (C=O) groups excluding carboxylic acids is 1. The number of hydrogen-bond acceptors (Lipinski definition) is 3. The van der Waals surface area contributed by atoms with Crippen LogP contribution < -0.4 is 5.32 Å². The molecule has 0 bridgehead atoms. The second-order valence-electron chi connectivity index (χ2n) is 6.50. The molecule has 0 aliphatic heterocycles. The summed E-state index contributed by atoms with van der Waals surface area (Å²) in [5, 5.41) is 12.8. The topological polar surface area (TPSA) is 55.8 Å². The van der Waals surface area contributed by atoms with E-state index in [2.05, 4.69) is 5.32 Å². The molecule has 0 radical (unpaired) electrons. The Balaban J connectivity index is 1.87. The summed E-state index contributed by atoms with van der Waals surface area (Å²) < 4.78 is 13.0. The predicted molar refractivity (Wildman–Crippen MR) is 87.6 cm³/mol. The highest BCUT2D eigenvalue weighted by atomic mass is 19.1. The third-order valence-corrected chi connectivity index (χ3v) is 4.30. The van der Waals surface area contributed by atoms with Crippen LogP contribution in [-0.2, 0) is 0 Å². The van der Waals surface area contributed by atoms with Crippen molar-refractivity contribution in [2.24, 2.45) is 5.92 Å². The summed E-state index contributed by atoms with van der Waals surface area (Å²) in [6.45, 7) is 0.765. The van der Waals surface area contributed by atoms with Crippen LogP contribution in [0.25, 0.3) is 0 Å². The van der Waals surface area contributed by atoms with Crippen molar-refractivity contribution in [2.75, 3.05) is 34.2 Å². The van der Waals surface area contributed by atoms with Crippen molar-refractivity contribution in [3.8, 4) is 0 Å². The molecule has 2 atom stereocenters. The molecule has 0 saturated heterocycles. The van der Waals surface area contributed by atoms with Gasteiger partial charge < -0.3 is 20.2 Å². The molecule has 1 aliphatic rings. The van der Waals surface area contributed by atoms with Gasteiger partial charge in [0.1, 0.15) is 5.82 Å². The van der Waals surface area contributed by atoms with E-state index in [1.54, 1.807) is 19.2 Å². The largest absolute Gasteiger partial charge is 0.391 e. The van der Waals surface area contributed by atoms with Crippen molar-refractivity contribution in [1.29, 1.82) is 0 Å². The predicted octanol–water partition coefficient (Wildman–Crippen LogP) is 1.84. The fraction of sp³-hybridized carbons (Fsp3) is 0.588. The van der Waals surface area contributed by atoms with Crippen molar-refractivity contribution in [3.63, 3.8) is 0 Å². The maximum atomic E-state index is 13.0. The van der Waals surface area contributed by atoms with Crippen LogP contribution in [0.1, 0.15) is 24.4 Å². The van der Waals surface area contributed by atoms with Gasteiger partial charge in [-0.25, -0.2) is 9.18 Å². The maximum absolute atomic E-state index is 13.0. The van der Waals surface area contributed by atoms with Gasteiger partial charge in [-0.15, -0.1) is 0 Å². The molecular weight excluding hydrogens is 297 g/mol. The van der Waals surface area contributed by atoms with Crippen LogP contribution in [0.4, 0.5) is 9.18 Å². The summed E-state index contributed by atoms with van der Waals surface area (Å²) >= 11 is 0. The number of urea groups is 1. The lowest BCUT2D eigenvalue weighted by atomic mass is 10.1. The standard InChI is InChI=1S/C17H26FN3O2/c1-20(2)15(12-6-8-14(18)9-7-12)10-19-17(23)21(3)11-16(22)13-4-5-13/h6-9,13,15-16,22H,4-5,10-11H2,1-3H3,(H,19,23). The van der Waals surface area contributed by atoms with Gasteiger partial charge in [0.15, 0.2) is 0 Å². The van der Waals surface area contributed by atoms with Crippen molar-refractivity contribution in [3.05, 3.63) is 35.6 Å². The molecule has 6 heteroatoms. The molecule has 1 aliphatic carbocycles. The molecule has 2 N–H and O–H groups in total. The number of likely N-dealkylation sites (N-methyl/N-ethyl adjacent to an activating group) is 2. The number of aliphatic hydroxyl groups is 1. The summed E-state index contributed by atoms with van der Waals surface area (Å²) in [6, 6.07) is 6.05. The lowest BCUT2D eigenvalue weighted by Gasteiger charge is -2.27. The zero-order valence-corrected chi connectivity index (χ0v) is 14.0. The summed E-state index contributed by atoms with van der Waals surface area (Å²) in [7, 11) is 5.52. The smallest absolute Gasteiger partial charge is 0.317 e. The van der Waals surface area contributed by atoms with Gasteiger partial charge in [0.25, 0.3) is 0 Å².